The minimum Gasteiger partial charge on any atom is -0.395 e. The monoisotopic (exact) mass is 404 g/mol. The Morgan fingerprint density at radius 3 is 2.04 bits per heavy atom. The van der Waals surface area contributed by atoms with Gasteiger partial charge >= 0.3 is 0 Å². The summed E-state index contributed by atoms with van der Waals surface area (Å²) in [6.07, 6.45) is 0. The van der Waals surface area contributed by atoms with Crippen molar-refractivity contribution in [2.75, 3.05) is 20.2 Å². The summed E-state index contributed by atoms with van der Waals surface area (Å²) in [5.74, 6) is -0.770. The van der Waals surface area contributed by atoms with E-state index >= 15 is 0 Å². The van der Waals surface area contributed by atoms with Gasteiger partial charge in [-0.2, -0.15) is 0 Å². The number of carbonyl (C=O) groups is 2. The Balaban J connectivity index is 1.99. The summed E-state index contributed by atoms with van der Waals surface area (Å²) in [5.41, 5.74) is 1.98. The van der Waals surface area contributed by atoms with Crippen LogP contribution in [-0.2, 0) is 16.1 Å². The van der Waals surface area contributed by atoms with Crippen molar-refractivity contribution in [3.8, 4) is 0 Å². The third-order valence-electron chi connectivity index (χ3n) is 4.35. The number of rotatable bonds is 6. The van der Waals surface area contributed by atoms with Gasteiger partial charge in [0.2, 0.25) is 0 Å². The zero-order valence-electron chi connectivity index (χ0n) is 14.7. The molecule has 0 aliphatic carbocycles. The molecule has 2 amide bonds. The summed E-state index contributed by atoms with van der Waals surface area (Å²) in [6.45, 7) is 0.245. The summed E-state index contributed by atoms with van der Waals surface area (Å²) in [6, 6.07) is 13.8. The molecule has 140 valence electrons. The van der Waals surface area contributed by atoms with Gasteiger partial charge in [-0.3, -0.25) is 14.5 Å². The van der Waals surface area contributed by atoms with Crippen molar-refractivity contribution in [1.82, 2.24) is 9.80 Å². The van der Waals surface area contributed by atoms with Crippen LogP contribution in [0.5, 0.6) is 0 Å². The first-order chi connectivity index (χ1) is 12.9. The molecule has 0 unspecified atom stereocenters. The van der Waals surface area contributed by atoms with Gasteiger partial charge in [0.1, 0.15) is 5.70 Å². The third kappa shape index (κ3) is 4.00. The Morgan fingerprint density at radius 1 is 0.926 bits per heavy atom. The Hall–Kier alpha value is -2.34. The molecule has 0 fully saturated rings. The van der Waals surface area contributed by atoms with Gasteiger partial charge in [-0.25, -0.2) is 0 Å². The minimum atomic E-state index is -0.393. The standard InChI is InChI=1S/C20H18Cl2N2O3/c1-23(10-11-25)18-17(14-4-8-16(22)9-5-14)19(26)24(20(18)27)12-13-2-6-15(21)7-3-13/h2-9,25H,10-12H2,1H3. The molecule has 0 saturated carbocycles. The lowest BCUT2D eigenvalue weighted by Crippen LogP contribution is -2.34. The molecular formula is C20H18Cl2N2O3. The highest BCUT2D eigenvalue weighted by Crippen LogP contribution is 2.32. The number of imide groups is 1. The van der Waals surface area contributed by atoms with Gasteiger partial charge in [0.25, 0.3) is 11.8 Å². The minimum absolute atomic E-state index is 0.132. The number of aliphatic hydroxyl groups excluding tert-OH is 1. The molecule has 1 aliphatic rings. The number of nitrogens with zero attached hydrogens (tertiary/aromatic N) is 2. The van der Waals surface area contributed by atoms with Crippen molar-refractivity contribution in [2.24, 2.45) is 0 Å². The highest BCUT2D eigenvalue weighted by Gasteiger charge is 2.40. The number of carbonyl (C=O) groups excluding carboxylic acids is 2. The molecule has 7 heteroatoms. The molecule has 0 aromatic heterocycles. The molecule has 0 atom stereocenters. The molecule has 5 nitrogen and oxygen atoms in total. The van der Waals surface area contributed by atoms with E-state index in [0.29, 0.717) is 21.2 Å². The van der Waals surface area contributed by atoms with E-state index in [9.17, 15) is 14.7 Å². The molecule has 27 heavy (non-hydrogen) atoms. The second-order valence-electron chi connectivity index (χ2n) is 6.20. The molecule has 0 saturated heterocycles. The largest absolute Gasteiger partial charge is 0.395 e. The number of benzene rings is 2. The van der Waals surface area contributed by atoms with Gasteiger partial charge in [0.15, 0.2) is 0 Å². The van der Waals surface area contributed by atoms with Crippen molar-refractivity contribution in [2.45, 2.75) is 6.54 Å². The van der Waals surface area contributed by atoms with Crippen LogP contribution in [0.2, 0.25) is 10.0 Å². The average molecular weight is 405 g/mol. The van der Waals surface area contributed by atoms with E-state index in [0.717, 1.165) is 5.56 Å². The first-order valence-electron chi connectivity index (χ1n) is 8.35. The van der Waals surface area contributed by atoms with Crippen LogP contribution in [0.4, 0.5) is 0 Å². The van der Waals surface area contributed by atoms with Crippen molar-refractivity contribution in [1.29, 1.82) is 0 Å². The highest BCUT2D eigenvalue weighted by atomic mass is 35.5. The first kappa shape index (κ1) is 19.4. The van der Waals surface area contributed by atoms with Crippen LogP contribution in [0, 0.1) is 0 Å². The number of hydrogen-bond donors (Lipinski definition) is 1. The van der Waals surface area contributed by atoms with Gasteiger partial charge in [0, 0.05) is 23.6 Å². The Kier molecular flexibility index (Phi) is 5.85. The molecular weight excluding hydrogens is 387 g/mol. The zero-order valence-corrected chi connectivity index (χ0v) is 16.2. The summed E-state index contributed by atoms with van der Waals surface area (Å²) in [7, 11) is 1.68. The number of amides is 2. The molecule has 3 rings (SSSR count). The van der Waals surface area contributed by atoms with Crippen LogP contribution >= 0.6 is 23.2 Å². The van der Waals surface area contributed by atoms with Crippen molar-refractivity contribution >= 4 is 40.6 Å². The van der Waals surface area contributed by atoms with E-state index < -0.39 is 5.91 Å². The Morgan fingerprint density at radius 2 is 1.48 bits per heavy atom. The van der Waals surface area contributed by atoms with E-state index in [1.807, 2.05) is 0 Å². The van der Waals surface area contributed by atoms with E-state index in [2.05, 4.69) is 0 Å². The fraction of sp³-hybridized carbons (Fsp3) is 0.200. The molecule has 2 aromatic rings. The smallest absolute Gasteiger partial charge is 0.278 e. The molecule has 1 N–H and O–H groups in total. The van der Waals surface area contributed by atoms with E-state index in [4.69, 9.17) is 23.2 Å². The lowest BCUT2D eigenvalue weighted by Gasteiger charge is -2.20. The summed E-state index contributed by atoms with van der Waals surface area (Å²) in [4.78, 5) is 28.9. The Labute approximate surface area is 167 Å². The molecule has 0 radical (unpaired) electrons. The van der Waals surface area contributed by atoms with Gasteiger partial charge in [-0.15, -0.1) is 0 Å². The number of halogens is 2. The second-order valence-corrected chi connectivity index (χ2v) is 7.07. The van der Waals surface area contributed by atoms with Crippen LogP contribution in [0.15, 0.2) is 54.2 Å². The molecule has 2 aromatic carbocycles. The topological polar surface area (TPSA) is 60.9 Å². The van der Waals surface area contributed by atoms with Gasteiger partial charge < -0.3 is 10.0 Å². The zero-order chi connectivity index (χ0) is 19.6. The SMILES string of the molecule is CN(CCO)C1=C(c2ccc(Cl)cc2)C(=O)N(Cc2ccc(Cl)cc2)C1=O. The van der Waals surface area contributed by atoms with Gasteiger partial charge in [0.05, 0.1) is 18.7 Å². The Bertz CT molecular complexity index is 892. The van der Waals surface area contributed by atoms with Crippen molar-refractivity contribution in [3.63, 3.8) is 0 Å². The molecule has 1 aliphatic heterocycles. The third-order valence-corrected chi connectivity index (χ3v) is 4.85. The van der Waals surface area contributed by atoms with Crippen LogP contribution in [-0.4, -0.2) is 46.9 Å². The van der Waals surface area contributed by atoms with Crippen LogP contribution < -0.4 is 0 Å². The van der Waals surface area contributed by atoms with Crippen molar-refractivity contribution < 1.29 is 14.7 Å². The predicted molar refractivity (Wildman–Crippen MR) is 105 cm³/mol. The second kappa shape index (κ2) is 8.13. The summed E-state index contributed by atoms with van der Waals surface area (Å²) in [5, 5.41) is 10.4. The quantitative estimate of drug-likeness (QED) is 0.750. The van der Waals surface area contributed by atoms with Crippen LogP contribution in [0.3, 0.4) is 0 Å². The fourth-order valence-electron chi connectivity index (χ4n) is 2.97. The van der Waals surface area contributed by atoms with Crippen LogP contribution in [0.1, 0.15) is 11.1 Å². The maximum absolute atomic E-state index is 13.1. The van der Waals surface area contributed by atoms with E-state index in [1.165, 1.54) is 4.90 Å². The lowest BCUT2D eigenvalue weighted by molar-refractivity contribution is -0.138. The molecule has 0 bridgehead atoms. The van der Waals surface area contributed by atoms with Crippen molar-refractivity contribution in [3.05, 3.63) is 75.4 Å². The lowest BCUT2D eigenvalue weighted by atomic mass is 10.0. The van der Waals surface area contributed by atoms with Crippen LogP contribution in [0.25, 0.3) is 5.57 Å². The maximum Gasteiger partial charge on any atom is 0.278 e. The van der Waals surface area contributed by atoms with Gasteiger partial charge in [-0.05, 0) is 35.4 Å². The maximum atomic E-state index is 13.1. The number of hydrogen-bond acceptors (Lipinski definition) is 4. The van der Waals surface area contributed by atoms with E-state index in [1.54, 1.807) is 60.5 Å². The number of likely N-dealkylation sites (N-methyl/N-ethyl adjacent to an activating group) is 1. The fourth-order valence-corrected chi connectivity index (χ4v) is 3.22. The highest BCUT2D eigenvalue weighted by molar-refractivity contribution is 6.36. The van der Waals surface area contributed by atoms with Gasteiger partial charge in [-0.1, -0.05) is 47.5 Å². The molecule has 1 heterocycles. The summed E-state index contributed by atoms with van der Waals surface area (Å²) >= 11 is 11.9. The predicted octanol–water partition coefficient (Wildman–Crippen LogP) is 3.20. The molecule has 0 spiro atoms. The summed E-state index contributed by atoms with van der Waals surface area (Å²) < 4.78 is 0. The normalized spacial score (nSPS) is 14.3. The first-order valence-corrected chi connectivity index (χ1v) is 9.11. The van der Waals surface area contributed by atoms with E-state index in [-0.39, 0.29) is 31.3 Å². The number of aliphatic hydroxyl groups is 1. The average Bonchev–Trinajstić information content (AvgIpc) is 2.89.